The summed E-state index contributed by atoms with van der Waals surface area (Å²) in [5, 5.41) is 0. The second-order valence-corrected chi connectivity index (χ2v) is 3.78. The van der Waals surface area contributed by atoms with Gasteiger partial charge in [0.05, 0.1) is 0 Å². The van der Waals surface area contributed by atoms with Gasteiger partial charge in [0.25, 0.3) is 6.01 Å². The Morgan fingerprint density at radius 3 is 2.53 bits per heavy atom. The Kier molecular flexibility index (Phi) is 3.55. The third-order valence-electron chi connectivity index (χ3n) is 2.28. The quantitative estimate of drug-likeness (QED) is 0.710. The average molecular weight is 228 g/mol. The molecular formula is C15H13FO. The molecular weight excluding hydrogens is 215 g/mol. The molecule has 0 aromatic heterocycles. The van der Waals surface area contributed by atoms with Crippen molar-refractivity contribution in [1.82, 2.24) is 0 Å². The van der Waals surface area contributed by atoms with Crippen LogP contribution in [0.1, 0.15) is 11.1 Å². The third-order valence-corrected chi connectivity index (χ3v) is 2.28. The van der Waals surface area contributed by atoms with Gasteiger partial charge < -0.3 is 4.74 Å². The van der Waals surface area contributed by atoms with Gasteiger partial charge in [-0.25, -0.2) is 0 Å². The van der Waals surface area contributed by atoms with Crippen LogP contribution in [0.3, 0.4) is 0 Å². The van der Waals surface area contributed by atoms with Crippen molar-refractivity contribution in [2.75, 3.05) is 0 Å². The summed E-state index contributed by atoms with van der Waals surface area (Å²) in [6.07, 6.45) is 1.36. The van der Waals surface area contributed by atoms with Gasteiger partial charge in [0.2, 0.25) is 0 Å². The predicted molar refractivity (Wildman–Crippen MR) is 67.3 cm³/mol. The van der Waals surface area contributed by atoms with Gasteiger partial charge in [0.15, 0.2) is 0 Å². The molecule has 1 nitrogen and oxygen atoms in total. The number of halogens is 1. The van der Waals surface area contributed by atoms with Crippen molar-refractivity contribution in [3.05, 3.63) is 71.7 Å². The fourth-order valence-corrected chi connectivity index (χ4v) is 1.50. The number of ether oxygens (including phenoxy) is 1. The lowest BCUT2D eigenvalue weighted by molar-refractivity contribution is 0.308. The van der Waals surface area contributed by atoms with Crippen LogP contribution in [0.5, 0.6) is 5.75 Å². The van der Waals surface area contributed by atoms with Crippen LogP contribution in [0.25, 0.3) is 6.08 Å². The number of benzene rings is 2. The van der Waals surface area contributed by atoms with E-state index in [4.69, 9.17) is 4.74 Å². The molecule has 0 spiro atoms. The molecule has 0 amide bonds. The minimum atomic E-state index is -0.609. The summed E-state index contributed by atoms with van der Waals surface area (Å²) in [6.45, 7) is 1.94. The molecule has 0 aliphatic rings. The van der Waals surface area contributed by atoms with Crippen molar-refractivity contribution in [1.29, 1.82) is 0 Å². The van der Waals surface area contributed by atoms with E-state index in [9.17, 15) is 4.39 Å². The molecule has 2 aromatic rings. The number of hydrogen-bond donors (Lipinski definition) is 0. The van der Waals surface area contributed by atoms with Crippen molar-refractivity contribution in [3.63, 3.8) is 0 Å². The van der Waals surface area contributed by atoms with Crippen molar-refractivity contribution in [2.24, 2.45) is 0 Å². The zero-order valence-corrected chi connectivity index (χ0v) is 9.56. The highest BCUT2D eigenvalue weighted by molar-refractivity contribution is 5.50. The van der Waals surface area contributed by atoms with Crippen molar-refractivity contribution in [2.45, 2.75) is 6.92 Å². The first-order valence-electron chi connectivity index (χ1n) is 5.41. The molecule has 2 rings (SSSR count). The molecule has 2 aromatic carbocycles. The molecule has 17 heavy (non-hydrogen) atoms. The summed E-state index contributed by atoms with van der Waals surface area (Å²) in [7, 11) is 0. The van der Waals surface area contributed by atoms with Crippen LogP contribution in [0.15, 0.2) is 60.6 Å². The maximum atomic E-state index is 13.5. The van der Waals surface area contributed by atoms with Crippen LogP contribution in [0.2, 0.25) is 0 Å². The van der Waals surface area contributed by atoms with Crippen LogP contribution in [-0.2, 0) is 0 Å². The predicted octanol–water partition coefficient (Wildman–Crippen LogP) is 4.34. The highest BCUT2D eigenvalue weighted by Gasteiger charge is 1.99. The van der Waals surface area contributed by atoms with Gasteiger partial charge >= 0.3 is 0 Å². The Labute approximate surface area is 100 Å². The molecule has 86 valence electrons. The molecule has 0 radical (unpaired) electrons. The topological polar surface area (TPSA) is 9.23 Å². The largest absolute Gasteiger partial charge is 0.432 e. The molecule has 0 aliphatic heterocycles. The molecule has 0 saturated carbocycles. The van der Waals surface area contributed by atoms with Gasteiger partial charge in [0.1, 0.15) is 5.75 Å². The van der Waals surface area contributed by atoms with Gasteiger partial charge in [-0.1, -0.05) is 42.5 Å². The summed E-state index contributed by atoms with van der Waals surface area (Å²) < 4.78 is 18.6. The normalized spacial score (nSPS) is 11.3. The first-order valence-corrected chi connectivity index (χ1v) is 5.41. The molecule has 0 aliphatic carbocycles. The summed E-state index contributed by atoms with van der Waals surface area (Å²) >= 11 is 0. The van der Waals surface area contributed by atoms with Crippen molar-refractivity contribution >= 4 is 6.08 Å². The van der Waals surface area contributed by atoms with E-state index in [0.717, 1.165) is 11.1 Å². The second-order valence-electron chi connectivity index (χ2n) is 3.78. The molecule has 0 N–H and O–H groups in total. The van der Waals surface area contributed by atoms with Crippen molar-refractivity contribution in [3.8, 4) is 5.75 Å². The monoisotopic (exact) mass is 228 g/mol. The smallest absolute Gasteiger partial charge is 0.278 e. The van der Waals surface area contributed by atoms with Gasteiger partial charge in [-0.05, 0) is 30.2 Å². The Morgan fingerprint density at radius 1 is 1.06 bits per heavy atom. The zero-order valence-electron chi connectivity index (χ0n) is 9.56. The van der Waals surface area contributed by atoms with E-state index in [-0.39, 0.29) is 0 Å². The van der Waals surface area contributed by atoms with Gasteiger partial charge in [-0.3, -0.25) is 0 Å². The van der Waals surface area contributed by atoms with E-state index in [1.807, 2.05) is 49.4 Å². The van der Waals surface area contributed by atoms with E-state index in [2.05, 4.69) is 0 Å². The van der Waals surface area contributed by atoms with Gasteiger partial charge in [0, 0.05) is 6.08 Å². The molecule has 0 bridgehead atoms. The molecule has 2 heteroatoms. The summed E-state index contributed by atoms with van der Waals surface area (Å²) in [4.78, 5) is 0. The summed E-state index contributed by atoms with van der Waals surface area (Å²) in [5.41, 5.74) is 1.81. The molecule has 0 saturated heterocycles. The van der Waals surface area contributed by atoms with E-state index in [0.29, 0.717) is 5.75 Å². The second kappa shape index (κ2) is 5.30. The van der Waals surface area contributed by atoms with Crippen LogP contribution in [-0.4, -0.2) is 0 Å². The minimum Gasteiger partial charge on any atom is -0.432 e. The molecule has 0 atom stereocenters. The van der Waals surface area contributed by atoms with E-state index in [1.54, 1.807) is 12.1 Å². The number of aryl methyl sites for hydroxylation is 1. The maximum Gasteiger partial charge on any atom is 0.278 e. The van der Waals surface area contributed by atoms with Crippen LogP contribution in [0, 0.1) is 6.92 Å². The zero-order chi connectivity index (χ0) is 12.1. The van der Waals surface area contributed by atoms with Gasteiger partial charge in [-0.15, -0.1) is 0 Å². The Hall–Kier alpha value is -2.09. The summed E-state index contributed by atoms with van der Waals surface area (Å²) in [5.74, 6) is 0.509. The lowest BCUT2D eigenvalue weighted by Gasteiger charge is -2.03. The van der Waals surface area contributed by atoms with E-state index < -0.39 is 6.01 Å². The van der Waals surface area contributed by atoms with E-state index in [1.165, 1.54) is 6.08 Å². The highest BCUT2D eigenvalue weighted by atomic mass is 19.1. The minimum absolute atomic E-state index is 0.509. The summed E-state index contributed by atoms with van der Waals surface area (Å²) in [6, 6.07) is 15.9. The van der Waals surface area contributed by atoms with Crippen LogP contribution in [0.4, 0.5) is 4.39 Å². The fourth-order valence-electron chi connectivity index (χ4n) is 1.50. The Balaban J connectivity index is 2.12. The molecule has 0 heterocycles. The third kappa shape index (κ3) is 3.45. The Morgan fingerprint density at radius 2 is 1.82 bits per heavy atom. The van der Waals surface area contributed by atoms with Crippen LogP contribution < -0.4 is 4.74 Å². The standard InChI is InChI=1S/C15H13FO/c1-12-6-5-9-14(10-12)17-15(16)11-13-7-3-2-4-8-13/h2-11H,1H3. The Bertz CT molecular complexity index is 517. The lowest BCUT2D eigenvalue weighted by atomic mass is 10.2. The first-order chi connectivity index (χ1) is 8.24. The van der Waals surface area contributed by atoms with Crippen molar-refractivity contribution < 1.29 is 9.13 Å². The molecule has 0 fully saturated rings. The highest BCUT2D eigenvalue weighted by Crippen LogP contribution is 2.17. The van der Waals surface area contributed by atoms with Crippen LogP contribution >= 0.6 is 0 Å². The maximum absolute atomic E-state index is 13.5. The number of rotatable bonds is 3. The fraction of sp³-hybridized carbons (Fsp3) is 0.0667. The average Bonchev–Trinajstić information content (AvgIpc) is 2.30. The lowest BCUT2D eigenvalue weighted by Crippen LogP contribution is -1.89. The number of hydrogen-bond acceptors (Lipinski definition) is 1. The SMILES string of the molecule is Cc1cccc(OC(F)=Cc2ccccc2)c1. The first kappa shape index (κ1) is 11.4. The molecule has 0 unspecified atom stereocenters. The van der Waals surface area contributed by atoms with E-state index >= 15 is 0 Å². The van der Waals surface area contributed by atoms with Gasteiger partial charge in [-0.2, -0.15) is 4.39 Å².